The minimum atomic E-state index is 0.513. The molecule has 0 saturated heterocycles. The minimum Gasteiger partial charge on any atom is -0.491 e. The van der Waals surface area contributed by atoms with E-state index in [0.717, 1.165) is 23.3 Å². The molecule has 0 saturated carbocycles. The highest BCUT2D eigenvalue weighted by Gasteiger charge is 2.17. The number of anilines is 1. The van der Waals surface area contributed by atoms with Crippen LogP contribution in [0.25, 0.3) is 0 Å². The van der Waals surface area contributed by atoms with Crippen LogP contribution in [-0.2, 0) is 6.54 Å². The molecule has 0 bridgehead atoms. The zero-order valence-corrected chi connectivity index (χ0v) is 11.5. The summed E-state index contributed by atoms with van der Waals surface area (Å²) in [5.41, 5.74) is 2.96. The lowest BCUT2D eigenvalue weighted by Gasteiger charge is -2.23. The lowest BCUT2D eigenvalue weighted by Crippen LogP contribution is -2.26. The number of hydrogen-bond acceptors (Lipinski definition) is 4. The summed E-state index contributed by atoms with van der Waals surface area (Å²) in [6.45, 7) is 1.95. The van der Waals surface area contributed by atoms with Crippen molar-refractivity contribution < 1.29 is 9.53 Å². The second-order valence-electron chi connectivity index (χ2n) is 4.88. The van der Waals surface area contributed by atoms with E-state index in [1.807, 2.05) is 30.3 Å². The van der Waals surface area contributed by atoms with E-state index < -0.39 is 0 Å². The standard InChI is InChI=1S/C17H14N2O2/c18-10-15-9-13(12-20)5-6-16(15)19-7-8-21-17-4-2-1-3-14(17)11-19/h1-6,9,12H,7-8,11H2. The molecule has 0 unspecified atom stereocenters. The van der Waals surface area contributed by atoms with E-state index in [9.17, 15) is 10.1 Å². The first-order valence-electron chi connectivity index (χ1n) is 6.77. The van der Waals surface area contributed by atoms with Crippen molar-refractivity contribution in [1.29, 1.82) is 5.26 Å². The van der Waals surface area contributed by atoms with Gasteiger partial charge in [0.1, 0.15) is 24.7 Å². The number of nitrogens with zero attached hydrogens (tertiary/aromatic N) is 2. The number of carbonyl (C=O) groups excluding carboxylic acids is 1. The van der Waals surface area contributed by atoms with Crippen molar-refractivity contribution in [3.63, 3.8) is 0 Å². The third-order valence-electron chi connectivity index (χ3n) is 3.57. The van der Waals surface area contributed by atoms with Crippen LogP contribution in [0.2, 0.25) is 0 Å². The quantitative estimate of drug-likeness (QED) is 0.793. The molecule has 0 aliphatic carbocycles. The van der Waals surface area contributed by atoms with Gasteiger partial charge in [0.2, 0.25) is 0 Å². The molecule has 3 rings (SSSR count). The van der Waals surface area contributed by atoms with Crippen LogP contribution in [0.5, 0.6) is 5.75 Å². The van der Waals surface area contributed by atoms with Crippen molar-refractivity contribution >= 4 is 12.0 Å². The lowest BCUT2D eigenvalue weighted by molar-refractivity contribution is 0.112. The zero-order valence-electron chi connectivity index (χ0n) is 11.5. The van der Waals surface area contributed by atoms with Crippen molar-refractivity contribution in [1.82, 2.24) is 0 Å². The molecule has 2 aromatic rings. The van der Waals surface area contributed by atoms with Crippen LogP contribution in [0.1, 0.15) is 21.5 Å². The van der Waals surface area contributed by atoms with Gasteiger partial charge >= 0.3 is 0 Å². The second kappa shape index (κ2) is 5.68. The number of aldehydes is 1. The number of carbonyl (C=O) groups is 1. The van der Waals surface area contributed by atoms with E-state index in [0.29, 0.717) is 30.8 Å². The van der Waals surface area contributed by atoms with Gasteiger partial charge in [0.15, 0.2) is 0 Å². The van der Waals surface area contributed by atoms with Crippen molar-refractivity contribution in [2.45, 2.75) is 6.54 Å². The SMILES string of the molecule is N#Cc1cc(C=O)ccc1N1CCOc2ccccc2C1. The predicted octanol–water partition coefficient (Wildman–Crippen LogP) is 2.77. The van der Waals surface area contributed by atoms with E-state index in [1.165, 1.54) is 0 Å². The average molecular weight is 278 g/mol. The molecule has 0 atom stereocenters. The highest BCUT2D eigenvalue weighted by Crippen LogP contribution is 2.28. The number of ether oxygens (including phenoxy) is 1. The fourth-order valence-electron chi connectivity index (χ4n) is 2.52. The fourth-order valence-corrected chi connectivity index (χ4v) is 2.52. The molecular formula is C17H14N2O2. The summed E-state index contributed by atoms with van der Waals surface area (Å²) in [7, 11) is 0. The summed E-state index contributed by atoms with van der Waals surface area (Å²) in [4.78, 5) is 12.9. The summed E-state index contributed by atoms with van der Waals surface area (Å²) >= 11 is 0. The molecule has 21 heavy (non-hydrogen) atoms. The Hall–Kier alpha value is -2.80. The number of rotatable bonds is 2. The Morgan fingerprint density at radius 2 is 2.10 bits per heavy atom. The van der Waals surface area contributed by atoms with Gasteiger partial charge in [0.25, 0.3) is 0 Å². The molecule has 0 fully saturated rings. The Kier molecular flexibility index (Phi) is 3.57. The Morgan fingerprint density at radius 1 is 1.24 bits per heavy atom. The van der Waals surface area contributed by atoms with E-state index in [1.54, 1.807) is 12.1 Å². The van der Waals surface area contributed by atoms with Gasteiger partial charge in [-0.05, 0) is 24.3 Å². The number of fused-ring (bicyclic) bond motifs is 1. The first-order valence-corrected chi connectivity index (χ1v) is 6.77. The van der Waals surface area contributed by atoms with Crippen LogP contribution in [0.3, 0.4) is 0 Å². The van der Waals surface area contributed by atoms with Crippen molar-refractivity contribution in [2.24, 2.45) is 0 Å². The smallest absolute Gasteiger partial charge is 0.150 e. The maximum absolute atomic E-state index is 10.8. The van der Waals surface area contributed by atoms with Crippen LogP contribution in [0.15, 0.2) is 42.5 Å². The van der Waals surface area contributed by atoms with Gasteiger partial charge in [-0.25, -0.2) is 0 Å². The second-order valence-corrected chi connectivity index (χ2v) is 4.88. The topological polar surface area (TPSA) is 53.3 Å². The van der Waals surface area contributed by atoms with Gasteiger partial charge in [0, 0.05) is 17.7 Å². The van der Waals surface area contributed by atoms with Crippen LogP contribution < -0.4 is 9.64 Å². The van der Waals surface area contributed by atoms with Crippen LogP contribution in [0, 0.1) is 11.3 Å². The molecule has 0 amide bonds. The molecule has 4 heteroatoms. The normalized spacial score (nSPS) is 13.6. The molecular weight excluding hydrogens is 264 g/mol. The van der Waals surface area contributed by atoms with Gasteiger partial charge in [0.05, 0.1) is 17.8 Å². The third kappa shape index (κ3) is 2.59. The summed E-state index contributed by atoms with van der Waals surface area (Å²) in [5.74, 6) is 0.892. The van der Waals surface area contributed by atoms with Crippen molar-refractivity contribution in [3.8, 4) is 11.8 Å². The summed E-state index contributed by atoms with van der Waals surface area (Å²) in [6.07, 6.45) is 0.755. The number of benzene rings is 2. The first-order chi connectivity index (χ1) is 10.3. The predicted molar refractivity (Wildman–Crippen MR) is 79.5 cm³/mol. The zero-order chi connectivity index (χ0) is 14.7. The molecule has 104 valence electrons. The number of nitriles is 1. The molecule has 4 nitrogen and oxygen atoms in total. The van der Waals surface area contributed by atoms with Crippen LogP contribution >= 0.6 is 0 Å². The minimum absolute atomic E-state index is 0.513. The van der Waals surface area contributed by atoms with E-state index in [2.05, 4.69) is 11.0 Å². The van der Waals surface area contributed by atoms with Gasteiger partial charge < -0.3 is 9.64 Å². The molecule has 1 aliphatic rings. The molecule has 0 radical (unpaired) electrons. The van der Waals surface area contributed by atoms with E-state index >= 15 is 0 Å². The van der Waals surface area contributed by atoms with Crippen molar-refractivity contribution in [3.05, 3.63) is 59.2 Å². The highest BCUT2D eigenvalue weighted by atomic mass is 16.5. The summed E-state index contributed by atoms with van der Waals surface area (Å²) in [5, 5.41) is 9.31. The van der Waals surface area contributed by atoms with Gasteiger partial charge in [-0.3, -0.25) is 4.79 Å². The average Bonchev–Trinajstić information content (AvgIpc) is 2.76. The Bertz CT molecular complexity index is 719. The highest BCUT2D eigenvalue weighted by molar-refractivity contribution is 5.78. The van der Waals surface area contributed by atoms with E-state index in [-0.39, 0.29) is 0 Å². The molecule has 2 aromatic carbocycles. The van der Waals surface area contributed by atoms with Gasteiger partial charge in [-0.2, -0.15) is 5.26 Å². The van der Waals surface area contributed by atoms with Crippen LogP contribution in [0.4, 0.5) is 5.69 Å². The Balaban J connectivity index is 1.98. The first kappa shape index (κ1) is 13.2. The number of para-hydroxylation sites is 1. The Labute approximate surface area is 123 Å². The molecule has 0 N–H and O–H groups in total. The molecule has 1 aliphatic heterocycles. The summed E-state index contributed by atoms with van der Waals surface area (Å²) in [6, 6.07) is 15.3. The monoisotopic (exact) mass is 278 g/mol. The fraction of sp³-hybridized carbons (Fsp3) is 0.176. The molecule has 0 aromatic heterocycles. The number of hydrogen-bond donors (Lipinski definition) is 0. The molecule has 1 heterocycles. The molecule has 0 spiro atoms. The maximum atomic E-state index is 10.8. The third-order valence-corrected chi connectivity index (χ3v) is 3.57. The van der Waals surface area contributed by atoms with Gasteiger partial charge in [-0.15, -0.1) is 0 Å². The van der Waals surface area contributed by atoms with Crippen LogP contribution in [-0.4, -0.2) is 19.4 Å². The van der Waals surface area contributed by atoms with Gasteiger partial charge in [-0.1, -0.05) is 18.2 Å². The lowest BCUT2D eigenvalue weighted by atomic mass is 10.1. The summed E-state index contributed by atoms with van der Waals surface area (Å²) < 4.78 is 5.74. The Morgan fingerprint density at radius 3 is 2.90 bits per heavy atom. The van der Waals surface area contributed by atoms with Crippen molar-refractivity contribution in [2.75, 3.05) is 18.1 Å². The van der Waals surface area contributed by atoms with E-state index in [4.69, 9.17) is 4.74 Å². The maximum Gasteiger partial charge on any atom is 0.150 e. The largest absolute Gasteiger partial charge is 0.491 e.